The zero-order valence-electron chi connectivity index (χ0n) is 12.0. The highest BCUT2D eigenvalue weighted by atomic mass is 16.4. The van der Waals surface area contributed by atoms with E-state index in [1.54, 1.807) is 0 Å². The number of carbonyl (C=O) groups excluding carboxylic acids is 1. The van der Waals surface area contributed by atoms with Crippen LogP contribution in [-0.4, -0.2) is 22.5 Å². The lowest BCUT2D eigenvalue weighted by Crippen LogP contribution is -2.48. The number of rotatable bonds is 4. The molecule has 0 aromatic heterocycles. The third-order valence-corrected chi connectivity index (χ3v) is 4.14. The van der Waals surface area contributed by atoms with Gasteiger partial charge in [-0.1, -0.05) is 31.0 Å². The van der Waals surface area contributed by atoms with Crippen molar-refractivity contribution in [1.82, 2.24) is 5.32 Å². The Labute approximate surface area is 119 Å². The van der Waals surface area contributed by atoms with E-state index in [1.807, 2.05) is 32.0 Å². The largest absolute Gasteiger partial charge is 0.481 e. The molecule has 0 bridgehead atoms. The number of benzene rings is 1. The number of aryl methyl sites for hydroxylation is 2. The van der Waals surface area contributed by atoms with Gasteiger partial charge in [-0.05, 0) is 37.8 Å². The zero-order chi connectivity index (χ0) is 14.8. The van der Waals surface area contributed by atoms with E-state index in [2.05, 4.69) is 5.32 Å². The van der Waals surface area contributed by atoms with E-state index in [-0.39, 0.29) is 12.3 Å². The van der Waals surface area contributed by atoms with Crippen molar-refractivity contribution in [2.75, 3.05) is 0 Å². The first kappa shape index (κ1) is 14.6. The maximum absolute atomic E-state index is 12.5. The molecule has 0 atom stereocenters. The van der Waals surface area contributed by atoms with E-state index < -0.39 is 11.5 Å². The van der Waals surface area contributed by atoms with Gasteiger partial charge in [0.25, 0.3) is 5.91 Å². The Balaban J connectivity index is 2.23. The average molecular weight is 275 g/mol. The molecule has 0 aliphatic heterocycles. The molecule has 1 aromatic carbocycles. The Morgan fingerprint density at radius 2 is 1.75 bits per heavy atom. The minimum Gasteiger partial charge on any atom is -0.481 e. The monoisotopic (exact) mass is 275 g/mol. The molecule has 0 radical (unpaired) electrons. The smallest absolute Gasteiger partial charge is 0.305 e. The molecule has 0 heterocycles. The first-order chi connectivity index (χ1) is 9.43. The van der Waals surface area contributed by atoms with Crippen molar-refractivity contribution < 1.29 is 14.7 Å². The lowest BCUT2D eigenvalue weighted by Gasteiger charge is -2.29. The average Bonchev–Trinajstić information content (AvgIpc) is 2.75. The van der Waals surface area contributed by atoms with Crippen LogP contribution >= 0.6 is 0 Å². The normalized spacial score (nSPS) is 16.9. The van der Waals surface area contributed by atoms with Gasteiger partial charge in [-0.25, -0.2) is 0 Å². The molecule has 0 unspecified atom stereocenters. The summed E-state index contributed by atoms with van der Waals surface area (Å²) in [7, 11) is 0. The highest BCUT2D eigenvalue weighted by Crippen LogP contribution is 2.33. The van der Waals surface area contributed by atoms with E-state index in [0.717, 1.165) is 36.8 Å². The fourth-order valence-corrected chi connectivity index (χ4v) is 3.16. The van der Waals surface area contributed by atoms with Crippen molar-refractivity contribution in [3.8, 4) is 0 Å². The zero-order valence-corrected chi connectivity index (χ0v) is 12.0. The van der Waals surface area contributed by atoms with Crippen LogP contribution in [0.1, 0.15) is 53.6 Å². The number of carbonyl (C=O) groups is 2. The van der Waals surface area contributed by atoms with E-state index in [4.69, 9.17) is 5.11 Å². The summed E-state index contributed by atoms with van der Waals surface area (Å²) in [6.07, 6.45) is 3.44. The molecule has 1 saturated carbocycles. The molecule has 108 valence electrons. The van der Waals surface area contributed by atoms with Gasteiger partial charge in [-0.2, -0.15) is 0 Å². The number of hydrogen-bond acceptors (Lipinski definition) is 2. The van der Waals surface area contributed by atoms with Crippen LogP contribution in [0.25, 0.3) is 0 Å². The van der Waals surface area contributed by atoms with Crippen LogP contribution in [0.15, 0.2) is 18.2 Å². The van der Waals surface area contributed by atoms with Crippen LogP contribution < -0.4 is 5.32 Å². The Kier molecular flexibility index (Phi) is 4.12. The fraction of sp³-hybridized carbons (Fsp3) is 0.500. The highest BCUT2D eigenvalue weighted by molar-refractivity contribution is 5.97. The fourth-order valence-electron chi connectivity index (χ4n) is 3.16. The standard InChI is InChI=1S/C16H21NO3/c1-11-6-5-7-12(2)14(11)15(20)17-16(10-13(18)19)8-3-4-9-16/h5-7H,3-4,8-10H2,1-2H3,(H,17,20)(H,18,19). The first-order valence-corrected chi connectivity index (χ1v) is 7.04. The number of carboxylic acids is 1. The summed E-state index contributed by atoms with van der Waals surface area (Å²) in [6.45, 7) is 3.81. The summed E-state index contributed by atoms with van der Waals surface area (Å²) in [5, 5.41) is 12.1. The van der Waals surface area contributed by atoms with Crippen LogP contribution in [0.4, 0.5) is 0 Å². The van der Waals surface area contributed by atoms with Crippen molar-refractivity contribution in [3.05, 3.63) is 34.9 Å². The molecule has 2 N–H and O–H groups in total. The predicted molar refractivity (Wildman–Crippen MR) is 76.8 cm³/mol. The van der Waals surface area contributed by atoms with Crippen molar-refractivity contribution in [2.45, 2.75) is 51.5 Å². The topological polar surface area (TPSA) is 66.4 Å². The van der Waals surface area contributed by atoms with Crippen molar-refractivity contribution in [1.29, 1.82) is 0 Å². The number of amides is 1. The van der Waals surface area contributed by atoms with E-state index in [1.165, 1.54) is 0 Å². The first-order valence-electron chi connectivity index (χ1n) is 7.04. The second-order valence-corrected chi connectivity index (χ2v) is 5.78. The van der Waals surface area contributed by atoms with Gasteiger partial charge in [0.1, 0.15) is 0 Å². The number of hydrogen-bond donors (Lipinski definition) is 2. The quantitative estimate of drug-likeness (QED) is 0.888. The summed E-state index contributed by atoms with van der Waals surface area (Å²) in [4.78, 5) is 23.6. The number of aliphatic carboxylic acids is 1. The van der Waals surface area contributed by atoms with Gasteiger partial charge in [0, 0.05) is 5.56 Å². The van der Waals surface area contributed by atoms with Gasteiger partial charge in [-0.15, -0.1) is 0 Å². The lowest BCUT2D eigenvalue weighted by atomic mass is 9.92. The van der Waals surface area contributed by atoms with Gasteiger partial charge in [0.2, 0.25) is 0 Å². The third kappa shape index (κ3) is 3.00. The maximum Gasteiger partial charge on any atom is 0.305 e. The number of carboxylic acid groups (broad SMARTS) is 1. The molecule has 2 rings (SSSR count). The summed E-state index contributed by atoms with van der Waals surface area (Å²) in [5.41, 5.74) is 1.94. The van der Waals surface area contributed by atoms with Gasteiger partial charge in [-0.3, -0.25) is 9.59 Å². The van der Waals surface area contributed by atoms with Crippen LogP contribution in [0, 0.1) is 13.8 Å². The highest BCUT2D eigenvalue weighted by Gasteiger charge is 2.37. The van der Waals surface area contributed by atoms with Crippen LogP contribution in [-0.2, 0) is 4.79 Å². The third-order valence-electron chi connectivity index (χ3n) is 4.14. The molecule has 1 aromatic rings. The Morgan fingerprint density at radius 1 is 1.20 bits per heavy atom. The molecule has 0 spiro atoms. The summed E-state index contributed by atoms with van der Waals surface area (Å²) >= 11 is 0. The second-order valence-electron chi connectivity index (χ2n) is 5.78. The van der Waals surface area contributed by atoms with Crippen LogP contribution in [0.3, 0.4) is 0 Å². The molecule has 1 fully saturated rings. The molecule has 20 heavy (non-hydrogen) atoms. The number of nitrogens with one attached hydrogen (secondary N) is 1. The lowest BCUT2D eigenvalue weighted by molar-refractivity contribution is -0.138. The molecule has 1 aliphatic carbocycles. The van der Waals surface area contributed by atoms with Crippen LogP contribution in [0.2, 0.25) is 0 Å². The minimum atomic E-state index is -0.853. The predicted octanol–water partition coefficient (Wildman–Crippen LogP) is 2.82. The molecule has 0 saturated heterocycles. The summed E-state index contributed by atoms with van der Waals surface area (Å²) < 4.78 is 0. The van der Waals surface area contributed by atoms with Crippen molar-refractivity contribution in [3.63, 3.8) is 0 Å². The molecule has 4 nitrogen and oxygen atoms in total. The summed E-state index contributed by atoms with van der Waals surface area (Å²) in [6, 6.07) is 5.73. The van der Waals surface area contributed by atoms with E-state index in [0.29, 0.717) is 5.56 Å². The molecule has 1 aliphatic rings. The maximum atomic E-state index is 12.5. The Hall–Kier alpha value is -1.84. The van der Waals surface area contributed by atoms with Crippen molar-refractivity contribution in [2.24, 2.45) is 0 Å². The molecule has 1 amide bonds. The van der Waals surface area contributed by atoms with Gasteiger partial charge >= 0.3 is 5.97 Å². The second kappa shape index (κ2) is 5.65. The molecular formula is C16H21NO3. The Bertz CT molecular complexity index is 510. The van der Waals surface area contributed by atoms with E-state index in [9.17, 15) is 9.59 Å². The van der Waals surface area contributed by atoms with Gasteiger partial charge < -0.3 is 10.4 Å². The SMILES string of the molecule is Cc1cccc(C)c1C(=O)NC1(CC(=O)O)CCCC1. The molecule has 4 heteroatoms. The van der Waals surface area contributed by atoms with Gasteiger partial charge in [0.05, 0.1) is 12.0 Å². The van der Waals surface area contributed by atoms with Crippen LogP contribution in [0.5, 0.6) is 0 Å². The summed E-state index contributed by atoms with van der Waals surface area (Å²) in [5.74, 6) is -1.00. The minimum absolute atomic E-state index is 0.00364. The molecular weight excluding hydrogens is 254 g/mol. The van der Waals surface area contributed by atoms with E-state index >= 15 is 0 Å². The van der Waals surface area contributed by atoms with Gasteiger partial charge in [0.15, 0.2) is 0 Å². The van der Waals surface area contributed by atoms with Crippen molar-refractivity contribution >= 4 is 11.9 Å². The Morgan fingerprint density at radius 3 is 2.25 bits per heavy atom.